The molecular weight excluding hydrogens is 350 g/mol. The van der Waals surface area contributed by atoms with Crippen LogP contribution in [0.2, 0.25) is 0 Å². The number of benzene rings is 1. The number of thiazole rings is 1. The molecular formula is C15H16BrN3OS. The molecule has 2 N–H and O–H groups in total. The third kappa shape index (κ3) is 3.12. The lowest BCUT2D eigenvalue weighted by Gasteiger charge is -2.10. The minimum atomic E-state index is 0.106. The summed E-state index contributed by atoms with van der Waals surface area (Å²) in [4.78, 5) is 5.50. The van der Waals surface area contributed by atoms with Gasteiger partial charge in [-0.1, -0.05) is 28.9 Å². The van der Waals surface area contributed by atoms with Crippen molar-refractivity contribution in [1.82, 2.24) is 9.38 Å². The SMILES string of the molecule is CCC(N)Cc1c(Oc2cccc(Br)c2)nc2sccn12. The number of halogens is 1. The molecule has 0 fully saturated rings. The fourth-order valence-corrected chi connectivity index (χ4v) is 3.22. The van der Waals surface area contributed by atoms with E-state index in [1.165, 1.54) is 0 Å². The van der Waals surface area contributed by atoms with Crippen molar-refractivity contribution in [3.8, 4) is 11.6 Å². The molecule has 0 saturated carbocycles. The zero-order valence-corrected chi connectivity index (χ0v) is 14.0. The number of fused-ring (bicyclic) bond motifs is 1. The van der Waals surface area contributed by atoms with Crippen LogP contribution >= 0.6 is 27.3 Å². The third-order valence-corrected chi connectivity index (χ3v) is 4.56. The minimum absolute atomic E-state index is 0.106. The lowest BCUT2D eigenvalue weighted by molar-refractivity contribution is 0.454. The van der Waals surface area contributed by atoms with Gasteiger partial charge in [0.15, 0.2) is 4.96 Å². The number of nitrogens with zero attached hydrogens (tertiary/aromatic N) is 2. The summed E-state index contributed by atoms with van der Waals surface area (Å²) in [5, 5.41) is 2.02. The molecule has 2 aromatic heterocycles. The molecule has 4 nitrogen and oxygen atoms in total. The number of rotatable bonds is 5. The number of hydrogen-bond donors (Lipinski definition) is 1. The Labute approximate surface area is 135 Å². The second-order valence-electron chi connectivity index (χ2n) is 4.85. The highest BCUT2D eigenvalue weighted by Crippen LogP contribution is 2.30. The van der Waals surface area contributed by atoms with Gasteiger partial charge in [-0.3, -0.25) is 4.40 Å². The molecule has 0 aliphatic rings. The number of imidazole rings is 1. The number of nitrogens with two attached hydrogens (primary N) is 1. The van der Waals surface area contributed by atoms with Gasteiger partial charge >= 0.3 is 0 Å². The summed E-state index contributed by atoms with van der Waals surface area (Å²) in [6, 6.07) is 7.86. The Kier molecular flexibility index (Phi) is 4.28. The Morgan fingerprint density at radius 2 is 2.33 bits per heavy atom. The Morgan fingerprint density at radius 3 is 3.10 bits per heavy atom. The molecule has 3 rings (SSSR count). The number of ether oxygens (including phenoxy) is 1. The lowest BCUT2D eigenvalue weighted by atomic mass is 10.1. The average molecular weight is 366 g/mol. The van der Waals surface area contributed by atoms with Gasteiger partial charge in [-0.25, -0.2) is 0 Å². The van der Waals surface area contributed by atoms with E-state index >= 15 is 0 Å². The summed E-state index contributed by atoms with van der Waals surface area (Å²) in [6.07, 6.45) is 3.68. The molecule has 110 valence electrons. The van der Waals surface area contributed by atoms with Gasteiger partial charge in [-0.15, -0.1) is 11.3 Å². The first-order chi connectivity index (χ1) is 10.2. The molecule has 3 aromatic rings. The monoisotopic (exact) mass is 365 g/mol. The number of aromatic nitrogens is 2. The van der Waals surface area contributed by atoms with Crippen LogP contribution in [-0.4, -0.2) is 15.4 Å². The van der Waals surface area contributed by atoms with E-state index in [9.17, 15) is 0 Å². The number of hydrogen-bond acceptors (Lipinski definition) is 4. The predicted molar refractivity (Wildman–Crippen MR) is 89.3 cm³/mol. The highest BCUT2D eigenvalue weighted by molar-refractivity contribution is 9.10. The second kappa shape index (κ2) is 6.17. The van der Waals surface area contributed by atoms with Crippen LogP contribution in [0.15, 0.2) is 40.3 Å². The summed E-state index contributed by atoms with van der Waals surface area (Å²) in [5.74, 6) is 1.41. The molecule has 2 heterocycles. The van der Waals surface area contributed by atoms with Crippen molar-refractivity contribution in [3.63, 3.8) is 0 Å². The van der Waals surface area contributed by atoms with Crippen LogP contribution in [-0.2, 0) is 6.42 Å². The van der Waals surface area contributed by atoms with Crippen LogP contribution < -0.4 is 10.5 Å². The van der Waals surface area contributed by atoms with E-state index in [1.807, 2.05) is 35.8 Å². The van der Waals surface area contributed by atoms with Crippen LogP contribution in [0, 0.1) is 0 Å². The van der Waals surface area contributed by atoms with Crippen molar-refractivity contribution in [1.29, 1.82) is 0 Å². The van der Waals surface area contributed by atoms with E-state index in [1.54, 1.807) is 11.3 Å². The normalized spacial score (nSPS) is 12.7. The lowest BCUT2D eigenvalue weighted by Crippen LogP contribution is -2.22. The molecule has 6 heteroatoms. The van der Waals surface area contributed by atoms with Crippen molar-refractivity contribution in [2.45, 2.75) is 25.8 Å². The minimum Gasteiger partial charge on any atom is -0.437 e. The zero-order chi connectivity index (χ0) is 14.8. The van der Waals surface area contributed by atoms with Gasteiger partial charge in [0, 0.05) is 28.5 Å². The Morgan fingerprint density at radius 1 is 1.48 bits per heavy atom. The summed E-state index contributed by atoms with van der Waals surface area (Å²) < 4.78 is 9.01. The maximum Gasteiger partial charge on any atom is 0.242 e. The quantitative estimate of drug-likeness (QED) is 0.735. The molecule has 0 aliphatic heterocycles. The fraction of sp³-hybridized carbons (Fsp3) is 0.267. The van der Waals surface area contributed by atoms with Crippen molar-refractivity contribution >= 4 is 32.2 Å². The van der Waals surface area contributed by atoms with Gasteiger partial charge in [-0.05, 0) is 24.6 Å². The van der Waals surface area contributed by atoms with Crippen LogP contribution in [0.5, 0.6) is 11.6 Å². The van der Waals surface area contributed by atoms with Crippen LogP contribution in [0.25, 0.3) is 4.96 Å². The maximum absolute atomic E-state index is 6.11. The van der Waals surface area contributed by atoms with Crippen LogP contribution in [0.1, 0.15) is 19.0 Å². The smallest absolute Gasteiger partial charge is 0.242 e. The average Bonchev–Trinajstić information content (AvgIpc) is 3.02. The predicted octanol–water partition coefficient (Wildman–Crippen LogP) is 4.23. The molecule has 0 saturated heterocycles. The van der Waals surface area contributed by atoms with E-state index in [-0.39, 0.29) is 6.04 Å². The van der Waals surface area contributed by atoms with Gasteiger partial charge in [-0.2, -0.15) is 4.98 Å². The molecule has 0 aliphatic carbocycles. The highest BCUT2D eigenvalue weighted by atomic mass is 79.9. The van der Waals surface area contributed by atoms with Gasteiger partial charge in [0.25, 0.3) is 0 Å². The summed E-state index contributed by atoms with van der Waals surface area (Å²) in [7, 11) is 0. The van der Waals surface area contributed by atoms with E-state index < -0.39 is 0 Å². The van der Waals surface area contributed by atoms with Crippen molar-refractivity contribution in [3.05, 3.63) is 46.0 Å². The molecule has 0 amide bonds. The van der Waals surface area contributed by atoms with Crippen LogP contribution in [0.3, 0.4) is 0 Å². The highest BCUT2D eigenvalue weighted by Gasteiger charge is 2.17. The largest absolute Gasteiger partial charge is 0.437 e. The Bertz CT molecular complexity index is 752. The van der Waals surface area contributed by atoms with E-state index in [0.717, 1.165) is 33.7 Å². The summed E-state index contributed by atoms with van der Waals surface area (Å²) in [5.41, 5.74) is 7.14. The first kappa shape index (κ1) is 14.6. The first-order valence-corrected chi connectivity index (χ1v) is 8.48. The summed E-state index contributed by atoms with van der Waals surface area (Å²) in [6.45, 7) is 2.09. The summed E-state index contributed by atoms with van der Waals surface area (Å²) >= 11 is 5.04. The Hall–Kier alpha value is -1.37. The topological polar surface area (TPSA) is 52.5 Å². The zero-order valence-electron chi connectivity index (χ0n) is 11.6. The second-order valence-corrected chi connectivity index (χ2v) is 6.64. The fourth-order valence-electron chi connectivity index (χ4n) is 2.11. The van der Waals surface area contributed by atoms with E-state index in [0.29, 0.717) is 5.88 Å². The third-order valence-electron chi connectivity index (χ3n) is 3.31. The van der Waals surface area contributed by atoms with Crippen LogP contribution in [0.4, 0.5) is 0 Å². The van der Waals surface area contributed by atoms with Gasteiger partial charge < -0.3 is 10.5 Å². The first-order valence-electron chi connectivity index (χ1n) is 6.80. The molecule has 0 spiro atoms. The van der Waals surface area contributed by atoms with E-state index in [4.69, 9.17) is 10.5 Å². The Balaban J connectivity index is 1.97. The molecule has 1 aromatic carbocycles. The molecule has 21 heavy (non-hydrogen) atoms. The van der Waals surface area contributed by atoms with Gasteiger partial charge in [0.1, 0.15) is 5.75 Å². The van der Waals surface area contributed by atoms with Gasteiger partial charge in [0.05, 0.1) is 5.69 Å². The maximum atomic E-state index is 6.11. The molecule has 1 unspecified atom stereocenters. The molecule has 1 atom stereocenters. The van der Waals surface area contributed by atoms with Crippen molar-refractivity contribution in [2.24, 2.45) is 5.73 Å². The van der Waals surface area contributed by atoms with Crippen molar-refractivity contribution in [2.75, 3.05) is 0 Å². The molecule has 0 radical (unpaired) electrons. The van der Waals surface area contributed by atoms with Crippen molar-refractivity contribution < 1.29 is 4.74 Å². The van der Waals surface area contributed by atoms with Gasteiger partial charge in [0.2, 0.25) is 5.88 Å². The molecule has 0 bridgehead atoms. The van der Waals surface area contributed by atoms with E-state index in [2.05, 4.69) is 32.2 Å². The standard InChI is InChI=1S/C15H16BrN3OS/c1-2-11(17)9-13-14(18-15-19(13)6-7-21-15)20-12-5-3-4-10(16)8-12/h3-8,11H,2,9,17H2,1H3.